The SMILES string of the molecule is CCCCCCCCCCCCCCCC[n+]1ccn(CCCC)c1. The number of hydrogen-bond acceptors (Lipinski definition) is 0. The predicted molar refractivity (Wildman–Crippen MR) is 110 cm³/mol. The first-order chi connectivity index (χ1) is 12.4. The molecule has 0 radical (unpaired) electrons. The molecule has 25 heavy (non-hydrogen) atoms. The Morgan fingerprint density at radius 1 is 0.600 bits per heavy atom. The molecular weight excluding hydrogens is 304 g/mol. The quantitative estimate of drug-likeness (QED) is 0.198. The van der Waals surface area contributed by atoms with Gasteiger partial charge in [0.05, 0.1) is 13.1 Å². The van der Waals surface area contributed by atoms with Crippen LogP contribution in [-0.4, -0.2) is 4.57 Å². The number of imidazole rings is 1. The highest BCUT2D eigenvalue weighted by Crippen LogP contribution is 2.12. The fourth-order valence-electron chi connectivity index (χ4n) is 3.53. The molecule has 1 rings (SSSR count). The van der Waals surface area contributed by atoms with Crippen molar-refractivity contribution in [1.82, 2.24) is 4.57 Å². The second-order valence-corrected chi connectivity index (χ2v) is 7.84. The molecule has 2 nitrogen and oxygen atoms in total. The van der Waals surface area contributed by atoms with Crippen LogP contribution in [0, 0.1) is 0 Å². The summed E-state index contributed by atoms with van der Waals surface area (Å²) in [5, 5.41) is 0. The van der Waals surface area contributed by atoms with Gasteiger partial charge in [0.25, 0.3) is 0 Å². The van der Waals surface area contributed by atoms with E-state index in [2.05, 4.69) is 41.7 Å². The largest absolute Gasteiger partial charge is 0.243 e. The highest BCUT2D eigenvalue weighted by molar-refractivity contribution is 4.65. The molecule has 0 amide bonds. The van der Waals surface area contributed by atoms with E-state index in [1.807, 2.05) is 0 Å². The van der Waals surface area contributed by atoms with Crippen LogP contribution < -0.4 is 4.57 Å². The Bertz CT molecular complexity index is 383. The zero-order valence-corrected chi connectivity index (χ0v) is 17.4. The van der Waals surface area contributed by atoms with Crippen molar-refractivity contribution in [2.75, 3.05) is 0 Å². The first kappa shape index (κ1) is 22.3. The van der Waals surface area contributed by atoms with E-state index in [1.165, 1.54) is 116 Å². The van der Waals surface area contributed by atoms with Gasteiger partial charge in [0, 0.05) is 0 Å². The smallest absolute Gasteiger partial charge is 0.237 e. The summed E-state index contributed by atoms with van der Waals surface area (Å²) in [6.07, 6.45) is 29.4. The molecule has 0 fully saturated rings. The third-order valence-electron chi connectivity index (χ3n) is 5.29. The number of rotatable bonds is 18. The molecule has 0 aliphatic heterocycles. The summed E-state index contributed by atoms with van der Waals surface area (Å²) in [6, 6.07) is 0. The van der Waals surface area contributed by atoms with Gasteiger partial charge in [-0.05, 0) is 19.3 Å². The van der Waals surface area contributed by atoms with E-state index >= 15 is 0 Å². The fourth-order valence-corrected chi connectivity index (χ4v) is 3.53. The molecule has 0 bridgehead atoms. The second kappa shape index (κ2) is 16.7. The van der Waals surface area contributed by atoms with Crippen LogP contribution >= 0.6 is 0 Å². The van der Waals surface area contributed by atoms with E-state index in [0.717, 1.165) is 0 Å². The Hall–Kier alpha value is -0.790. The van der Waals surface area contributed by atoms with Crippen LogP contribution in [0.1, 0.15) is 117 Å². The molecule has 0 saturated carbocycles. The summed E-state index contributed by atoms with van der Waals surface area (Å²) >= 11 is 0. The third kappa shape index (κ3) is 13.1. The molecular formula is C23H45N2+. The van der Waals surface area contributed by atoms with Crippen LogP contribution in [0.3, 0.4) is 0 Å². The van der Waals surface area contributed by atoms with E-state index in [-0.39, 0.29) is 0 Å². The van der Waals surface area contributed by atoms with Crippen molar-refractivity contribution in [3.05, 3.63) is 18.7 Å². The number of aryl methyl sites for hydroxylation is 2. The molecule has 146 valence electrons. The van der Waals surface area contributed by atoms with Crippen molar-refractivity contribution in [2.45, 2.75) is 130 Å². The number of nitrogens with zero attached hydrogens (tertiary/aromatic N) is 2. The second-order valence-electron chi connectivity index (χ2n) is 7.84. The van der Waals surface area contributed by atoms with Gasteiger partial charge < -0.3 is 0 Å². The van der Waals surface area contributed by atoms with Crippen LogP contribution in [0.15, 0.2) is 18.7 Å². The molecule has 0 spiro atoms. The summed E-state index contributed by atoms with van der Waals surface area (Å²) in [4.78, 5) is 0. The summed E-state index contributed by atoms with van der Waals surface area (Å²) in [7, 11) is 0. The van der Waals surface area contributed by atoms with Crippen LogP contribution in [0.2, 0.25) is 0 Å². The number of aromatic nitrogens is 2. The van der Waals surface area contributed by atoms with Gasteiger partial charge >= 0.3 is 0 Å². The van der Waals surface area contributed by atoms with Gasteiger partial charge in [0.1, 0.15) is 12.4 Å². The Labute approximate surface area is 158 Å². The molecule has 1 aromatic rings. The van der Waals surface area contributed by atoms with Crippen LogP contribution in [0.4, 0.5) is 0 Å². The highest BCUT2D eigenvalue weighted by atomic mass is 15.1. The molecule has 1 aromatic heterocycles. The van der Waals surface area contributed by atoms with Crippen LogP contribution in [0.5, 0.6) is 0 Å². The van der Waals surface area contributed by atoms with Gasteiger partial charge in [0.2, 0.25) is 6.33 Å². The van der Waals surface area contributed by atoms with Gasteiger partial charge in [-0.1, -0.05) is 97.3 Å². The molecule has 2 heteroatoms. The lowest BCUT2D eigenvalue weighted by molar-refractivity contribution is -0.696. The van der Waals surface area contributed by atoms with Gasteiger partial charge in [-0.3, -0.25) is 0 Å². The van der Waals surface area contributed by atoms with Crippen molar-refractivity contribution in [3.63, 3.8) is 0 Å². The van der Waals surface area contributed by atoms with Gasteiger partial charge in [-0.2, -0.15) is 0 Å². The number of unbranched alkanes of at least 4 members (excludes halogenated alkanes) is 14. The maximum Gasteiger partial charge on any atom is 0.243 e. The summed E-state index contributed by atoms with van der Waals surface area (Å²) in [5.41, 5.74) is 0. The maximum atomic E-state index is 2.36. The van der Waals surface area contributed by atoms with Gasteiger partial charge in [-0.15, -0.1) is 0 Å². The molecule has 0 N–H and O–H groups in total. The minimum Gasteiger partial charge on any atom is -0.237 e. The van der Waals surface area contributed by atoms with Crippen LogP contribution in [0.25, 0.3) is 0 Å². The average molecular weight is 350 g/mol. The first-order valence-electron chi connectivity index (χ1n) is 11.4. The molecule has 0 aromatic carbocycles. The lowest BCUT2D eigenvalue weighted by Gasteiger charge is -2.03. The first-order valence-corrected chi connectivity index (χ1v) is 11.4. The molecule has 1 heterocycles. The standard InChI is InChI=1S/C23H45N2/c1-3-5-7-8-9-10-11-12-13-14-15-16-17-18-20-25-22-21-24(23-25)19-6-4-2/h21-23H,3-20H2,1-2H3/q+1. The van der Waals surface area contributed by atoms with Crippen molar-refractivity contribution in [1.29, 1.82) is 0 Å². The highest BCUT2D eigenvalue weighted by Gasteiger charge is 2.02. The zero-order chi connectivity index (χ0) is 18.0. The summed E-state index contributed by atoms with van der Waals surface area (Å²) in [6.45, 7) is 6.91. The van der Waals surface area contributed by atoms with Crippen molar-refractivity contribution < 1.29 is 4.57 Å². The van der Waals surface area contributed by atoms with E-state index in [4.69, 9.17) is 0 Å². The Morgan fingerprint density at radius 3 is 1.60 bits per heavy atom. The minimum atomic E-state index is 1.17. The lowest BCUT2D eigenvalue weighted by Crippen LogP contribution is -2.30. The normalized spacial score (nSPS) is 11.3. The van der Waals surface area contributed by atoms with E-state index in [1.54, 1.807) is 0 Å². The third-order valence-corrected chi connectivity index (χ3v) is 5.29. The summed E-state index contributed by atoms with van der Waals surface area (Å²) < 4.78 is 4.68. The average Bonchev–Trinajstić information content (AvgIpc) is 3.08. The van der Waals surface area contributed by atoms with Crippen molar-refractivity contribution in [3.8, 4) is 0 Å². The van der Waals surface area contributed by atoms with Gasteiger partial charge in [-0.25, -0.2) is 9.13 Å². The molecule has 0 saturated heterocycles. The predicted octanol–water partition coefficient (Wildman–Crippen LogP) is 7.06. The Kier molecular flexibility index (Phi) is 14.8. The van der Waals surface area contributed by atoms with E-state index < -0.39 is 0 Å². The number of hydrogen-bond donors (Lipinski definition) is 0. The van der Waals surface area contributed by atoms with Crippen molar-refractivity contribution >= 4 is 0 Å². The molecule has 0 atom stereocenters. The molecule has 0 unspecified atom stereocenters. The minimum absolute atomic E-state index is 1.17. The van der Waals surface area contributed by atoms with Crippen molar-refractivity contribution in [2.24, 2.45) is 0 Å². The topological polar surface area (TPSA) is 8.81 Å². The Morgan fingerprint density at radius 2 is 1.08 bits per heavy atom. The lowest BCUT2D eigenvalue weighted by atomic mass is 10.0. The molecule has 0 aliphatic carbocycles. The fraction of sp³-hybridized carbons (Fsp3) is 0.870. The maximum absolute atomic E-state index is 2.36. The monoisotopic (exact) mass is 349 g/mol. The van der Waals surface area contributed by atoms with E-state index in [0.29, 0.717) is 0 Å². The Balaban J connectivity index is 1.80. The van der Waals surface area contributed by atoms with Crippen LogP contribution in [-0.2, 0) is 13.1 Å². The zero-order valence-electron chi connectivity index (χ0n) is 17.4. The molecule has 0 aliphatic rings. The summed E-state index contributed by atoms with van der Waals surface area (Å²) in [5.74, 6) is 0. The van der Waals surface area contributed by atoms with E-state index in [9.17, 15) is 0 Å². The van der Waals surface area contributed by atoms with Gasteiger partial charge in [0.15, 0.2) is 0 Å².